The number of aromatic nitrogens is 3. The first-order valence-electron chi connectivity index (χ1n) is 6.50. The van der Waals surface area contributed by atoms with Crippen LogP contribution in [-0.4, -0.2) is 34.0 Å². The minimum Gasteiger partial charge on any atom is -0.469 e. The fourth-order valence-corrected chi connectivity index (χ4v) is 3.16. The number of nitrogens with zero attached hydrogens (tertiary/aromatic N) is 3. The molecule has 3 rings (SSSR count). The van der Waals surface area contributed by atoms with Crippen LogP contribution in [0.25, 0.3) is 11.0 Å². The van der Waals surface area contributed by atoms with Gasteiger partial charge in [0.15, 0.2) is 0 Å². The summed E-state index contributed by atoms with van der Waals surface area (Å²) in [6.07, 6.45) is 2.61. The van der Waals surface area contributed by atoms with Gasteiger partial charge in [-0.15, -0.1) is 10.2 Å². The lowest BCUT2D eigenvalue weighted by molar-refractivity contribution is -0.141. The van der Waals surface area contributed by atoms with Crippen LogP contribution in [0.2, 0.25) is 0 Å². The van der Waals surface area contributed by atoms with E-state index in [-0.39, 0.29) is 11.4 Å². The molecular weight excluding hydrogens is 274 g/mol. The minimum absolute atomic E-state index is 0.0762. The van der Waals surface area contributed by atoms with Gasteiger partial charge in [0.1, 0.15) is 5.52 Å². The molecule has 5 nitrogen and oxygen atoms in total. The van der Waals surface area contributed by atoms with Crippen LogP contribution in [0.4, 0.5) is 0 Å². The summed E-state index contributed by atoms with van der Waals surface area (Å²) in [6.45, 7) is 0. The van der Waals surface area contributed by atoms with Crippen molar-refractivity contribution in [2.75, 3.05) is 12.9 Å². The molecule has 2 aromatic rings. The van der Waals surface area contributed by atoms with Gasteiger partial charge >= 0.3 is 5.97 Å². The van der Waals surface area contributed by atoms with Crippen LogP contribution in [0.1, 0.15) is 19.3 Å². The average molecular weight is 289 g/mol. The Hall–Kier alpha value is -1.69. The van der Waals surface area contributed by atoms with E-state index in [2.05, 4.69) is 15.2 Å². The normalized spacial score (nSPS) is 16.1. The predicted molar refractivity (Wildman–Crippen MR) is 76.4 cm³/mol. The van der Waals surface area contributed by atoms with Gasteiger partial charge in [0.2, 0.25) is 5.16 Å². The molecule has 1 aromatic carbocycles. The second kappa shape index (κ2) is 5.36. The summed E-state index contributed by atoms with van der Waals surface area (Å²) in [7, 11) is 1.43. The Morgan fingerprint density at radius 1 is 1.30 bits per heavy atom. The summed E-state index contributed by atoms with van der Waals surface area (Å²) in [5, 5.41) is 8.94. The van der Waals surface area contributed by atoms with Crippen LogP contribution in [0.5, 0.6) is 0 Å². The first kappa shape index (κ1) is 13.3. The Labute approximate surface area is 121 Å². The average Bonchev–Trinajstić information content (AvgIpc) is 3.25. The smallest absolute Gasteiger partial charge is 0.306 e. The molecule has 104 valence electrons. The van der Waals surface area contributed by atoms with E-state index >= 15 is 0 Å². The minimum atomic E-state index is -0.138. The molecule has 1 aliphatic rings. The van der Waals surface area contributed by atoms with Crippen molar-refractivity contribution >= 4 is 28.8 Å². The number of hydrogen-bond acceptors (Lipinski definition) is 6. The number of rotatable bonds is 5. The van der Waals surface area contributed by atoms with Crippen LogP contribution < -0.4 is 0 Å². The highest BCUT2D eigenvalue weighted by molar-refractivity contribution is 7.99. The number of hydrogen-bond donors (Lipinski definition) is 0. The Morgan fingerprint density at radius 3 is 2.75 bits per heavy atom. The highest BCUT2D eigenvalue weighted by Gasteiger charge is 2.44. The molecule has 1 aromatic heterocycles. The number of ether oxygens (including phenoxy) is 1. The van der Waals surface area contributed by atoms with Crippen molar-refractivity contribution in [1.82, 2.24) is 15.2 Å². The topological polar surface area (TPSA) is 65.0 Å². The zero-order valence-corrected chi connectivity index (χ0v) is 12.0. The summed E-state index contributed by atoms with van der Waals surface area (Å²) >= 11 is 1.56. The maximum Gasteiger partial charge on any atom is 0.306 e. The molecule has 0 aliphatic heterocycles. The Balaban J connectivity index is 1.66. The van der Waals surface area contributed by atoms with E-state index in [1.54, 1.807) is 11.8 Å². The molecule has 6 heteroatoms. The zero-order chi connectivity index (χ0) is 14.0. The molecule has 1 fully saturated rings. The molecule has 0 N–H and O–H groups in total. The number of methoxy groups -OCH3 is 1. The van der Waals surface area contributed by atoms with Gasteiger partial charge in [-0.1, -0.05) is 23.9 Å². The molecular formula is C14H15N3O2S. The first-order chi connectivity index (χ1) is 9.71. The highest BCUT2D eigenvalue weighted by Crippen LogP contribution is 2.51. The van der Waals surface area contributed by atoms with Gasteiger partial charge in [-0.3, -0.25) is 4.79 Å². The van der Waals surface area contributed by atoms with Crippen LogP contribution in [0.15, 0.2) is 29.4 Å². The molecule has 0 radical (unpaired) electrons. The fourth-order valence-electron chi connectivity index (χ4n) is 2.07. The second-order valence-corrected chi connectivity index (χ2v) is 6.07. The molecule has 0 saturated heterocycles. The van der Waals surface area contributed by atoms with Crippen molar-refractivity contribution in [2.24, 2.45) is 5.41 Å². The third-order valence-corrected chi connectivity index (χ3v) is 4.74. The van der Waals surface area contributed by atoms with Crippen molar-refractivity contribution in [3.8, 4) is 0 Å². The first-order valence-corrected chi connectivity index (χ1v) is 7.48. The third kappa shape index (κ3) is 2.90. The lowest BCUT2D eigenvalue weighted by Crippen LogP contribution is -2.13. The van der Waals surface area contributed by atoms with Crippen molar-refractivity contribution in [3.63, 3.8) is 0 Å². The molecule has 0 amide bonds. The molecule has 1 saturated carbocycles. The molecule has 0 bridgehead atoms. The van der Waals surface area contributed by atoms with Crippen molar-refractivity contribution in [1.29, 1.82) is 0 Å². The van der Waals surface area contributed by atoms with Gasteiger partial charge < -0.3 is 4.74 Å². The van der Waals surface area contributed by atoms with Gasteiger partial charge in [-0.05, 0) is 30.4 Å². The number of benzene rings is 1. The number of fused-ring (bicyclic) bond motifs is 1. The summed E-state index contributed by atoms with van der Waals surface area (Å²) in [5.74, 6) is 0.697. The lowest BCUT2D eigenvalue weighted by Gasteiger charge is -2.11. The second-order valence-electron chi connectivity index (χ2n) is 5.12. The van der Waals surface area contributed by atoms with Crippen molar-refractivity contribution in [3.05, 3.63) is 24.3 Å². The number of esters is 1. The van der Waals surface area contributed by atoms with Gasteiger partial charge in [0, 0.05) is 5.75 Å². The van der Waals surface area contributed by atoms with Gasteiger partial charge in [0.25, 0.3) is 0 Å². The largest absolute Gasteiger partial charge is 0.469 e. The Kier molecular flexibility index (Phi) is 3.56. The Morgan fingerprint density at radius 2 is 2.05 bits per heavy atom. The highest BCUT2D eigenvalue weighted by atomic mass is 32.2. The molecule has 1 heterocycles. The zero-order valence-electron chi connectivity index (χ0n) is 11.2. The number of carbonyl (C=O) groups excluding carboxylic acids is 1. The number of para-hydroxylation sites is 1. The quantitative estimate of drug-likeness (QED) is 0.622. The summed E-state index contributed by atoms with van der Waals surface area (Å²) in [4.78, 5) is 15.9. The summed E-state index contributed by atoms with van der Waals surface area (Å²) in [6, 6.07) is 7.67. The maximum atomic E-state index is 11.4. The van der Waals surface area contributed by atoms with Gasteiger partial charge in [-0.2, -0.15) is 0 Å². The molecule has 0 unspecified atom stereocenters. The van der Waals surface area contributed by atoms with E-state index < -0.39 is 0 Å². The lowest BCUT2D eigenvalue weighted by atomic mass is 10.1. The van der Waals surface area contributed by atoms with Crippen LogP contribution in [0, 0.1) is 5.41 Å². The molecule has 20 heavy (non-hydrogen) atoms. The molecule has 1 aliphatic carbocycles. The van der Waals surface area contributed by atoms with Gasteiger partial charge in [0.05, 0.1) is 19.0 Å². The van der Waals surface area contributed by atoms with Crippen LogP contribution in [0.3, 0.4) is 0 Å². The maximum absolute atomic E-state index is 11.4. The Bertz CT molecular complexity index is 643. The van der Waals surface area contributed by atoms with Gasteiger partial charge in [-0.25, -0.2) is 4.98 Å². The standard InChI is InChI=1S/C14H15N3O2S/c1-19-12(18)8-14(6-7-14)9-20-13-15-10-4-2-3-5-11(10)16-17-13/h2-5H,6-9H2,1H3. The molecule has 0 spiro atoms. The molecule has 0 atom stereocenters. The summed E-state index contributed by atoms with van der Waals surface area (Å²) in [5.41, 5.74) is 1.72. The number of thioether (sulfide) groups is 1. The van der Waals surface area contributed by atoms with E-state index in [0.717, 1.165) is 29.6 Å². The monoisotopic (exact) mass is 289 g/mol. The van der Waals surface area contributed by atoms with E-state index in [1.807, 2.05) is 24.3 Å². The summed E-state index contributed by atoms with van der Waals surface area (Å²) < 4.78 is 4.74. The van der Waals surface area contributed by atoms with E-state index in [1.165, 1.54) is 7.11 Å². The van der Waals surface area contributed by atoms with Crippen LogP contribution in [-0.2, 0) is 9.53 Å². The van der Waals surface area contributed by atoms with Crippen LogP contribution >= 0.6 is 11.8 Å². The van der Waals surface area contributed by atoms with E-state index in [9.17, 15) is 4.79 Å². The van der Waals surface area contributed by atoms with E-state index in [4.69, 9.17) is 4.74 Å². The predicted octanol–water partition coefficient (Wildman–Crippen LogP) is 2.46. The SMILES string of the molecule is COC(=O)CC1(CSc2nnc3ccccc3n2)CC1. The van der Waals surface area contributed by atoms with E-state index in [0.29, 0.717) is 11.6 Å². The third-order valence-electron chi connectivity index (χ3n) is 3.55. The fraction of sp³-hybridized carbons (Fsp3) is 0.429. The number of carbonyl (C=O) groups is 1. The van der Waals surface area contributed by atoms with Crippen molar-refractivity contribution < 1.29 is 9.53 Å². The van der Waals surface area contributed by atoms with Crippen molar-refractivity contribution in [2.45, 2.75) is 24.4 Å².